The van der Waals surface area contributed by atoms with Gasteiger partial charge in [0, 0.05) is 30.9 Å². The molecule has 2 atom stereocenters. The van der Waals surface area contributed by atoms with Crippen LogP contribution in [0, 0.1) is 43.6 Å². The van der Waals surface area contributed by atoms with Gasteiger partial charge in [0.1, 0.15) is 5.75 Å². The monoisotopic (exact) mass is 691 g/mol. The molecule has 2 N–H and O–H groups in total. The van der Waals surface area contributed by atoms with Gasteiger partial charge in [0.2, 0.25) is 5.91 Å². The molecule has 1 spiro atoms. The summed E-state index contributed by atoms with van der Waals surface area (Å²) in [6.45, 7) is 7.74. The van der Waals surface area contributed by atoms with E-state index in [0.29, 0.717) is 11.3 Å². The number of aryl methyl sites for hydroxylation is 2. The van der Waals surface area contributed by atoms with E-state index >= 15 is 0 Å². The number of ether oxygens (including phenoxy) is 3. The van der Waals surface area contributed by atoms with Gasteiger partial charge in [-0.3, -0.25) is 14.4 Å². The first-order chi connectivity index (χ1) is 23.6. The highest BCUT2D eigenvalue weighted by molar-refractivity contribution is 5.98. The fraction of sp³-hybridized carbons (Fsp3) is 0.568. The summed E-state index contributed by atoms with van der Waals surface area (Å²) in [5.41, 5.74) is 0.0820. The number of anilines is 1. The number of nitrogens with zero attached hydrogens (tertiary/aromatic N) is 4. The van der Waals surface area contributed by atoms with Gasteiger partial charge in [-0.1, -0.05) is 45.1 Å². The standard InChI is InChI=1S/C37H46FN5O7/c1-8-37(20-44,48-7)27(50-28(46)18-35(5,6)29-23(3)14-22(2)15-26(29)49-24(4)45)19-43-21-39-30-31(41-34(38)42-32(30)43)40-33(47)25-16-36(17-25)12-10-9-11-13-36/h1,14-15,21,25,27,44H,9-13,16-20H2,2-7H3,(H,40,41,42,47)/t27-,37?/m0/s1. The molecule has 2 aromatic heterocycles. The van der Waals surface area contributed by atoms with Crippen LogP contribution in [0.2, 0.25) is 0 Å². The fourth-order valence-corrected chi connectivity index (χ4v) is 7.87. The number of fused-ring (bicyclic) bond motifs is 1. The third-order valence-electron chi connectivity index (χ3n) is 10.3. The lowest BCUT2D eigenvalue weighted by Gasteiger charge is -2.49. The number of nitrogens with one attached hydrogen (secondary N) is 1. The van der Waals surface area contributed by atoms with Crippen LogP contribution in [-0.2, 0) is 35.8 Å². The average molecular weight is 692 g/mol. The Labute approximate surface area is 291 Å². The molecule has 0 bridgehead atoms. The van der Waals surface area contributed by atoms with Crippen LogP contribution in [-0.4, -0.2) is 67.9 Å². The van der Waals surface area contributed by atoms with Crippen molar-refractivity contribution in [1.82, 2.24) is 19.5 Å². The van der Waals surface area contributed by atoms with Crippen molar-refractivity contribution in [1.29, 1.82) is 0 Å². The Morgan fingerprint density at radius 2 is 1.88 bits per heavy atom. The van der Waals surface area contributed by atoms with Crippen LogP contribution in [0.1, 0.15) is 88.8 Å². The van der Waals surface area contributed by atoms with E-state index in [0.717, 1.165) is 36.8 Å². The molecule has 3 aromatic rings. The quantitative estimate of drug-likeness (QED) is 0.114. The number of aliphatic hydroxyl groups excluding tert-OH is 1. The van der Waals surface area contributed by atoms with Gasteiger partial charge in [0.25, 0.3) is 0 Å². The second-order valence-corrected chi connectivity index (χ2v) is 14.5. The molecule has 0 aliphatic heterocycles. The summed E-state index contributed by atoms with van der Waals surface area (Å²) < 4.78 is 33.3. The smallest absolute Gasteiger partial charge is 0.312 e. The molecular formula is C37H46FN5O7. The first kappa shape index (κ1) is 36.9. The highest BCUT2D eigenvalue weighted by Gasteiger charge is 2.47. The van der Waals surface area contributed by atoms with E-state index in [1.165, 1.54) is 44.2 Å². The summed E-state index contributed by atoms with van der Waals surface area (Å²) >= 11 is 0. The number of imidazole rings is 1. The fourth-order valence-electron chi connectivity index (χ4n) is 7.87. The minimum Gasteiger partial charge on any atom is -0.456 e. The second-order valence-electron chi connectivity index (χ2n) is 14.5. The van der Waals surface area contributed by atoms with Crippen molar-refractivity contribution in [2.75, 3.05) is 19.0 Å². The van der Waals surface area contributed by atoms with Crippen LogP contribution >= 0.6 is 0 Å². The summed E-state index contributed by atoms with van der Waals surface area (Å²) in [6, 6.07) is 3.67. The molecule has 13 heteroatoms. The second kappa shape index (κ2) is 14.4. The normalized spacial score (nSPS) is 17.7. The number of aromatic nitrogens is 4. The minimum atomic E-state index is -1.79. The Hall–Kier alpha value is -4.41. The number of terminal acetylenes is 1. The van der Waals surface area contributed by atoms with Crippen molar-refractivity contribution in [3.63, 3.8) is 0 Å². The number of rotatable bonds is 12. The van der Waals surface area contributed by atoms with E-state index in [-0.39, 0.29) is 47.2 Å². The number of amides is 1. The Morgan fingerprint density at radius 1 is 1.18 bits per heavy atom. The van der Waals surface area contributed by atoms with Crippen LogP contribution in [0.4, 0.5) is 10.2 Å². The van der Waals surface area contributed by atoms with Gasteiger partial charge in [-0.25, -0.2) is 4.98 Å². The molecule has 0 radical (unpaired) electrons. The third kappa shape index (κ3) is 7.51. The molecule has 0 saturated heterocycles. The van der Waals surface area contributed by atoms with Crippen LogP contribution in [0.25, 0.3) is 11.2 Å². The average Bonchev–Trinajstić information content (AvgIpc) is 3.42. The van der Waals surface area contributed by atoms with Gasteiger partial charge in [-0.05, 0) is 62.1 Å². The summed E-state index contributed by atoms with van der Waals surface area (Å²) in [5.74, 6) is 1.08. The molecule has 1 unspecified atom stereocenters. The summed E-state index contributed by atoms with van der Waals surface area (Å²) in [4.78, 5) is 50.9. The highest BCUT2D eigenvalue weighted by Crippen LogP contribution is 2.55. The van der Waals surface area contributed by atoms with Gasteiger partial charge in [-0.15, -0.1) is 6.42 Å². The van der Waals surface area contributed by atoms with Gasteiger partial charge in [-0.2, -0.15) is 14.4 Å². The zero-order chi connectivity index (χ0) is 36.4. The van der Waals surface area contributed by atoms with Gasteiger partial charge < -0.3 is 29.2 Å². The van der Waals surface area contributed by atoms with Crippen LogP contribution < -0.4 is 10.1 Å². The molecule has 50 heavy (non-hydrogen) atoms. The minimum absolute atomic E-state index is 0.0211. The van der Waals surface area contributed by atoms with Crippen LogP contribution in [0.15, 0.2) is 18.5 Å². The molecule has 5 rings (SSSR count). The molecule has 2 aliphatic rings. The lowest BCUT2D eigenvalue weighted by Crippen LogP contribution is -2.51. The summed E-state index contributed by atoms with van der Waals surface area (Å²) in [6.07, 6.45) is 12.1. The largest absolute Gasteiger partial charge is 0.456 e. The van der Waals surface area contributed by atoms with Crippen LogP contribution in [0.5, 0.6) is 5.75 Å². The molecule has 2 saturated carbocycles. The first-order valence-electron chi connectivity index (χ1n) is 17.0. The van der Waals surface area contributed by atoms with E-state index in [2.05, 4.69) is 26.2 Å². The van der Waals surface area contributed by atoms with Crippen molar-refractivity contribution in [2.24, 2.45) is 11.3 Å². The number of hydrogen-bond acceptors (Lipinski definition) is 10. The van der Waals surface area contributed by atoms with E-state index in [1.54, 1.807) is 6.07 Å². The molecule has 12 nitrogen and oxygen atoms in total. The lowest BCUT2D eigenvalue weighted by atomic mass is 9.55. The van der Waals surface area contributed by atoms with E-state index < -0.39 is 41.7 Å². The Morgan fingerprint density at radius 3 is 2.50 bits per heavy atom. The molecule has 1 aromatic carbocycles. The number of halogens is 1. The topological polar surface area (TPSA) is 155 Å². The molecule has 1 amide bonds. The van der Waals surface area contributed by atoms with Gasteiger partial charge >= 0.3 is 18.0 Å². The van der Waals surface area contributed by atoms with E-state index in [9.17, 15) is 23.9 Å². The van der Waals surface area contributed by atoms with Crippen molar-refractivity contribution in [3.8, 4) is 18.1 Å². The van der Waals surface area contributed by atoms with Crippen LogP contribution in [0.3, 0.4) is 0 Å². The molecule has 2 fully saturated rings. The van der Waals surface area contributed by atoms with E-state index in [1.807, 2.05) is 33.8 Å². The Bertz CT molecular complexity index is 1810. The number of methoxy groups -OCH3 is 1. The number of carbonyl (C=O) groups is 3. The maximum absolute atomic E-state index is 14.9. The van der Waals surface area contributed by atoms with Crippen molar-refractivity contribution in [2.45, 2.75) is 110 Å². The number of carbonyl (C=O) groups excluding carboxylic acids is 3. The van der Waals surface area contributed by atoms with Gasteiger partial charge in [0.15, 0.2) is 28.7 Å². The number of benzene rings is 1. The van der Waals surface area contributed by atoms with Crippen molar-refractivity contribution < 1.29 is 38.1 Å². The van der Waals surface area contributed by atoms with Crippen molar-refractivity contribution in [3.05, 3.63) is 41.2 Å². The first-order valence-corrected chi connectivity index (χ1v) is 17.0. The SMILES string of the molecule is C#CC(CO)(OC)[C@H](Cn1cnc2c(NC(=O)C3CC4(CCCCC4)C3)nc(F)nc21)OC(=O)CC(C)(C)c1c(C)cc(C)cc1OC(C)=O. The Balaban J connectivity index is 1.39. The zero-order valence-electron chi connectivity index (χ0n) is 29.6. The number of aliphatic hydroxyl groups is 1. The zero-order valence-corrected chi connectivity index (χ0v) is 29.6. The molecule has 2 heterocycles. The molecule has 2 aliphatic carbocycles. The summed E-state index contributed by atoms with van der Waals surface area (Å²) in [7, 11) is 1.28. The molecular weight excluding hydrogens is 645 g/mol. The number of hydrogen-bond donors (Lipinski definition) is 2. The van der Waals surface area contributed by atoms with Crippen molar-refractivity contribution >= 4 is 34.8 Å². The predicted molar refractivity (Wildman–Crippen MR) is 183 cm³/mol. The maximum Gasteiger partial charge on any atom is 0.312 e. The third-order valence-corrected chi connectivity index (χ3v) is 10.3. The highest BCUT2D eigenvalue weighted by atomic mass is 19.1. The van der Waals surface area contributed by atoms with E-state index in [4.69, 9.17) is 20.6 Å². The lowest BCUT2D eigenvalue weighted by molar-refractivity contribution is -0.169. The molecule has 268 valence electrons. The predicted octanol–water partition coefficient (Wildman–Crippen LogP) is 5.10. The number of esters is 2. The maximum atomic E-state index is 14.9. The van der Waals surface area contributed by atoms with Gasteiger partial charge in [0.05, 0.1) is 25.9 Å². The summed E-state index contributed by atoms with van der Waals surface area (Å²) in [5, 5.41) is 13.1. The Kier molecular flexibility index (Phi) is 10.6.